The van der Waals surface area contributed by atoms with Crippen LogP contribution in [0.4, 0.5) is 4.39 Å². The Morgan fingerprint density at radius 1 is 1.26 bits per heavy atom. The fourth-order valence-corrected chi connectivity index (χ4v) is 2.98. The van der Waals surface area contributed by atoms with E-state index in [0.29, 0.717) is 12.1 Å². The maximum Gasteiger partial charge on any atom is 0.127 e. The Bertz CT molecular complexity index is 405. The molecule has 1 fully saturated rings. The van der Waals surface area contributed by atoms with Crippen molar-refractivity contribution in [3.8, 4) is 0 Å². The first-order valence-corrected chi connectivity index (χ1v) is 7.32. The van der Waals surface area contributed by atoms with E-state index in [4.69, 9.17) is 0 Å². The summed E-state index contributed by atoms with van der Waals surface area (Å²) < 4.78 is 13.9. The lowest BCUT2D eigenvalue weighted by Crippen LogP contribution is -2.48. The second-order valence-corrected chi connectivity index (χ2v) is 5.85. The molecular formula is C16H25FN2. The zero-order valence-corrected chi connectivity index (χ0v) is 12.2. The van der Waals surface area contributed by atoms with Crippen LogP contribution in [0.2, 0.25) is 0 Å². The van der Waals surface area contributed by atoms with Gasteiger partial charge in [0.05, 0.1) is 0 Å². The summed E-state index contributed by atoms with van der Waals surface area (Å²) in [5, 5.41) is 3.60. The molecule has 2 nitrogen and oxygen atoms in total. The highest BCUT2D eigenvalue weighted by molar-refractivity contribution is 5.20. The van der Waals surface area contributed by atoms with Gasteiger partial charge in [0.15, 0.2) is 0 Å². The van der Waals surface area contributed by atoms with Gasteiger partial charge in [-0.05, 0) is 32.4 Å². The minimum Gasteiger partial charge on any atom is -0.311 e. The van der Waals surface area contributed by atoms with E-state index in [1.54, 1.807) is 12.1 Å². The van der Waals surface area contributed by atoms with Crippen molar-refractivity contribution in [1.29, 1.82) is 0 Å². The fourth-order valence-electron chi connectivity index (χ4n) is 2.98. The summed E-state index contributed by atoms with van der Waals surface area (Å²) >= 11 is 0. The van der Waals surface area contributed by atoms with Gasteiger partial charge in [0, 0.05) is 30.2 Å². The molecule has 0 bridgehead atoms. The van der Waals surface area contributed by atoms with Gasteiger partial charge in [-0.1, -0.05) is 32.0 Å². The van der Waals surface area contributed by atoms with Crippen molar-refractivity contribution in [3.05, 3.63) is 35.6 Å². The molecule has 0 amide bonds. The molecule has 1 aliphatic heterocycles. The fraction of sp³-hybridized carbons (Fsp3) is 0.625. The average Bonchev–Trinajstić information content (AvgIpc) is 2.38. The van der Waals surface area contributed by atoms with Crippen molar-refractivity contribution in [1.82, 2.24) is 10.2 Å². The molecule has 3 heteroatoms. The second kappa shape index (κ2) is 6.49. The molecule has 1 saturated heterocycles. The van der Waals surface area contributed by atoms with Crippen molar-refractivity contribution in [2.24, 2.45) is 0 Å². The van der Waals surface area contributed by atoms with Gasteiger partial charge in [-0.3, -0.25) is 4.90 Å². The smallest absolute Gasteiger partial charge is 0.127 e. The summed E-state index contributed by atoms with van der Waals surface area (Å²) in [6.45, 7) is 8.54. The summed E-state index contributed by atoms with van der Waals surface area (Å²) in [5.74, 6) is -0.0889. The van der Waals surface area contributed by atoms with Crippen molar-refractivity contribution < 1.29 is 4.39 Å². The van der Waals surface area contributed by atoms with Crippen molar-refractivity contribution in [3.63, 3.8) is 0 Å². The zero-order valence-electron chi connectivity index (χ0n) is 12.2. The molecule has 0 aliphatic carbocycles. The topological polar surface area (TPSA) is 15.3 Å². The predicted molar refractivity (Wildman–Crippen MR) is 77.7 cm³/mol. The summed E-state index contributed by atoms with van der Waals surface area (Å²) in [6.07, 6.45) is 2.40. The second-order valence-electron chi connectivity index (χ2n) is 5.85. The standard InChI is InChI=1S/C16H25FN2/c1-12(2)18-14-7-6-10-19(11-14)13(3)15-8-4-5-9-16(15)17/h4-5,8-9,12-14,18H,6-7,10-11H2,1-3H3. The van der Waals surface area contributed by atoms with Crippen LogP contribution in [-0.2, 0) is 0 Å². The van der Waals surface area contributed by atoms with Crippen LogP contribution >= 0.6 is 0 Å². The van der Waals surface area contributed by atoms with E-state index in [2.05, 4.69) is 31.0 Å². The molecule has 1 aliphatic rings. The van der Waals surface area contributed by atoms with Crippen LogP contribution in [0.15, 0.2) is 24.3 Å². The highest BCUT2D eigenvalue weighted by atomic mass is 19.1. The lowest BCUT2D eigenvalue weighted by atomic mass is 9.99. The van der Waals surface area contributed by atoms with Gasteiger partial charge in [-0.15, -0.1) is 0 Å². The third-order valence-electron chi connectivity index (χ3n) is 3.92. The molecule has 0 spiro atoms. The number of hydrogen-bond acceptors (Lipinski definition) is 2. The minimum absolute atomic E-state index is 0.0889. The van der Waals surface area contributed by atoms with Crippen molar-refractivity contribution in [2.75, 3.05) is 13.1 Å². The average molecular weight is 264 g/mol. The van der Waals surface area contributed by atoms with Crippen LogP contribution in [0.5, 0.6) is 0 Å². The predicted octanol–water partition coefficient (Wildman–Crippen LogP) is 3.35. The Hall–Kier alpha value is -0.930. The van der Waals surface area contributed by atoms with Gasteiger partial charge < -0.3 is 5.32 Å². The quantitative estimate of drug-likeness (QED) is 0.897. The van der Waals surface area contributed by atoms with Crippen LogP contribution in [0.3, 0.4) is 0 Å². The molecular weight excluding hydrogens is 239 g/mol. The Labute approximate surface area is 116 Å². The molecule has 2 atom stereocenters. The zero-order chi connectivity index (χ0) is 13.8. The van der Waals surface area contributed by atoms with Crippen LogP contribution in [0.25, 0.3) is 0 Å². The number of benzene rings is 1. The Kier molecular flexibility index (Phi) is 4.94. The molecule has 1 aromatic rings. The monoisotopic (exact) mass is 264 g/mol. The first-order chi connectivity index (χ1) is 9.08. The van der Waals surface area contributed by atoms with E-state index in [1.165, 1.54) is 12.8 Å². The van der Waals surface area contributed by atoms with Gasteiger partial charge in [-0.25, -0.2) is 4.39 Å². The van der Waals surface area contributed by atoms with E-state index in [-0.39, 0.29) is 11.9 Å². The summed E-state index contributed by atoms with van der Waals surface area (Å²) in [4.78, 5) is 2.39. The number of nitrogens with zero attached hydrogens (tertiary/aromatic N) is 1. The summed E-state index contributed by atoms with van der Waals surface area (Å²) in [6, 6.07) is 8.32. The Morgan fingerprint density at radius 3 is 2.68 bits per heavy atom. The van der Waals surface area contributed by atoms with Gasteiger partial charge >= 0.3 is 0 Å². The first kappa shape index (κ1) is 14.5. The largest absolute Gasteiger partial charge is 0.311 e. The number of piperidine rings is 1. The molecule has 0 saturated carbocycles. The minimum atomic E-state index is -0.0889. The molecule has 19 heavy (non-hydrogen) atoms. The number of rotatable bonds is 4. The highest BCUT2D eigenvalue weighted by Crippen LogP contribution is 2.26. The van der Waals surface area contributed by atoms with E-state index in [0.717, 1.165) is 18.7 Å². The maximum absolute atomic E-state index is 13.9. The number of halogens is 1. The molecule has 1 N–H and O–H groups in total. The molecule has 2 rings (SSSR count). The van der Waals surface area contributed by atoms with E-state index < -0.39 is 0 Å². The van der Waals surface area contributed by atoms with Gasteiger partial charge in [0.1, 0.15) is 5.82 Å². The first-order valence-electron chi connectivity index (χ1n) is 7.32. The Balaban J connectivity index is 2.03. The van der Waals surface area contributed by atoms with Gasteiger partial charge in [0.2, 0.25) is 0 Å². The third kappa shape index (κ3) is 3.77. The lowest BCUT2D eigenvalue weighted by molar-refractivity contribution is 0.140. The highest BCUT2D eigenvalue weighted by Gasteiger charge is 2.25. The molecule has 0 aromatic heterocycles. The molecule has 106 valence electrons. The van der Waals surface area contributed by atoms with Crippen LogP contribution in [-0.4, -0.2) is 30.1 Å². The van der Waals surface area contributed by atoms with Crippen LogP contribution in [0, 0.1) is 5.82 Å². The molecule has 1 heterocycles. The molecule has 0 radical (unpaired) electrons. The number of hydrogen-bond donors (Lipinski definition) is 1. The van der Waals surface area contributed by atoms with Crippen LogP contribution in [0.1, 0.15) is 45.2 Å². The number of nitrogens with one attached hydrogen (secondary N) is 1. The summed E-state index contributed by atoms with van der Waals surface area (Å²) in [7, 11) is 0. The van der Waals surface area contributed by atoms with E-state index in [9.17, 15) is 4.39 Å². The number of likely N-dealkylation sites (tertiary alicyclic amines) is 1. The SMILES string of the molecule is CC(C)NC1CCCN(C(C)c2ccccc2F)C1. The van der Waals surface area contributed by atoms with Crippen molar-refractivity contribution in [2.45, 2.75) is 51.7 Å². The third-order valence-corrected chi connectivity index (χ3v) is 3.92. The lowest BCUT2D eigenvalue weighted by Gasteiger charge is -2.38. The Morgan fingerprint density at radius 2 is 2.00 bits per heavy atom. The maximum atomic E-state index is 13.9. The van der Waals surface area contributed by atoms with Gasteiger partial charge in [0.25, 0.3) is 0 Å². The van der Waals surface area contributed by atoms with Crippen LogP contribution < -0.4 is 5.32 Å². The van der Waals surface area contributed by atoms with Gasteiger partial charge in [-0.2, -0.15) is 0 Å². The molecule has 2 unspecified atom stereocenters. The molecule has 1 aromatic carbocycles. The van der Waals surface area contributed by atoms with Crippen molar-refractivity contribution >= 4 is 0 Å². The van der Waals surface area contributed by atoms with E-state index in [1.807, 2.05) is 12.1 Å². The normalized spacial score (nSPS) is 22.7. The summed E-state index contributed by atoms with van der Waals surface area (Å²) in [5.41, 5.74) is 0.813. The van der Waals surface area contributed by atoms with E-state index >= 15 is 0 Å².